The molecule has 1 unspecified atom stereocenters. The van der Waals surface area contributed by atoms with Gasteiger partial charge in [0.1, 0.15) is 5.75 Å². The van der Waals surface area contributed by atoms with E-state index in [-0.39, 0.29) is 10.9 Å². The minimum absolute atomic E-state index is 0.190. The van der Waals surface area contributed by atoms with Gasteiger partial charge in [0, 0.05) is 13.2 Å². The highest BCUT2D eigenvalue weighted by molar-refractivity contribution is 9.10. The zero-order chi connectivity index (χ0) is 14.5. The molecule has 0 amide bonds. The van der Waals surface area contributed by atoms with Crippen molar-refractivity contribution in [1.82, 2.24) is 4.72 Å². The molecular weight excluding hydrogens is 334 g/mol. The molecule has 108 valence electrons. The molecule has 0 spiro atoms. The third-order valence-electron chi connectivity index (χ3n) is 2.62. The zero-order valence-corrected chi connectivity index (χ0v) is 13.5. The normalized spacial score (nSPS) is 13.3. The summed E-state index contributed by atoms with van der Waals surface area (Å²) >= 11 is 3.27. The van der Waals surface area contributed by atoms with Crippen molar-refractivity contribution in [3.8, 4) is 5.75 Å². The van der Waals surface area contributed by atoms with Crippen LogP contribution in [-0.2, 0) is 14.8 Å². The van der Waals surface area contributed by atoms with Crippen LogP contribution in [0.4, 0.5) is 0 Å². The van der Waals surface area contributed by atoms with Gasteiger partial charge in [-0.05, 0) is 40.5 Å². The number of rotatable bonds is 7. The molecule has 1 aromatic rings. The van der Waals surface area contributed by atoms with Gasteiger partial charge in [0.2, 0.25) is 10.0 Å². The molecule has 0 saturated heterocycles. The number of halogens is 1. The fourth-order valence-corrected chi connectivity index (χ4v) is 3.56. The minimum Gasteiger partial charge on any atom is -0.496 e. The highest BCUT2D eigenvalue weighted by Crippen LogP contribution is 2.27. The molecule has 0 aliphatic heterocycles. The van der Waals surface area contributed by atoms with Crippen molar-refractivity contribution in [1.29, 1.82) is 0 Å². The Bertz CT molecular complexity index is 518. The van der Waals surface area contributed by atoms with Crippen LogP contribution in [0.3, 0.4) is 0 Å². The summed E-state index contributed by atoms with van der Waals surface area (Å²) in [6.07, 6.45) is 0.657. The molecule has 0 radical (unpaired) electrons. The average Bonchev–Trinajstić information content (AvgIpc) is 2.37. The molecule has 1 N–H and O–H groups in total. The number of hydrogen-bond acceptors (Lipinski definition) is 4. The standard InChI is InChI=1S/C12H18BrNO4S/c1-4-9(8-17-2)14-19(15,16)10-5-6-12(18-3)11(13)7-10/h5-7,9,14H,4,8H2,1-3H3. The Hall–Kier alpha value is -0.630. The maximum Gasteiger partial charge on any atom is 0.240 e. The molecule has 1 rings (SSSR count). The molecule has 0 aliphatic carbocycles. The number of benzene rings is 1. The summed E-state index contributed by atoms with van der Waals surface area (Å²) in [6, 6.07) is 4.39. The second kappa shape index (κ2) is 7.23. The molecule has 5 nitrogen and oxygen atoms in total. The fraction of sp³-hybridized carbons (Fsp3) is 0.500. The SMILES string of the molecule is CCC(COC)NS(=O)(=O)c1ccc(OC)c(Br)c1. The van der Waals surface area contributed by atoms with E-state index in [0.717, 1.165) is 0 Å². The quantitative estimate of drug-likeness (QED) is 0.817. The Labute approximate surface area is 122 Å². The van der Waals surface area contributed by atoms with Gasteiger partial charge < -0.3 is 9.47 Å². The predicted octanol–water partition coefficient (Wildman–Crippen LogP) is 2.16. The van der Waals surface area contributed by atoms with Gasteiger partial charge in [0.25, 0.3) is 0 Å². The van der Waals surface area contributed by atoms with Gasteiger partial charge in [-0.1, -0.05) is 6.92 Å². The van der Waals surface area contributed by atoms with E-state index in [0.29, 0.717) is 23.2 Å². The first kappa shape index (κ1) is 16.4. The van der Waals surface area contributed by atoms with E-state index in [1.165, 1.54) is 19.2 Å². The van der Waals surface area contributed by atoms with Crippen LogP contribution < -0.4 is 9.46 Å². The van der Waals surface area contributed by atoms with Crippen molar-refractivity contribution in [2.45, 2.75) is 24.3 Å². The second-order valence-corrected chi connectivity index (χ2v) is 6.55. The van der Waals surface area contributed by atoms with E-state index in [1.807, 2.05) is 6.92 Å². The van der Waals surface area contributed by atoms with E-state index in [2.05, 4.69) is 20.7 Å². The molecule has 0 heterocycles. The van der Waals surface area contributed by atoms with Gasteiger partial charge in [-0.3, -0.25) is 0 Å². The minimum atomic E-state index is -3.56. The van der Waals surface area contributed by atoms with Gasteiger partial charge in [-0.25, -0.2) is 13.1 Å². The lowest BCUT2D eigenvalue weighted by Crippen LogP contribution is -2.37. The topological polar surface area (TPSA) is 64.6 Å². The summed E-state index contributed by atoms with van der Waals surface area (Å²) in [6.45, 7) is 2.24. The number of sulfonamides is 1. The van der Waals surface area contributed by atoms with Crippen LogP contribution in [0.2, 0.25) is 0 Å². The van der Waals surface area contributed by atoms with Crippen LogP contribution in [0.25, 0.3) is 0 Å². The lowest BCUT2D eigenvalue weighted by Gasteiger charge is -2.16. The zero-order valence-electron chi connectivity index (χ0n) is 11.1. The van der Waals surface area contributed by atoms with Gasteiger partial charge in [-0.2, -0.15) is 0 Å². The Morgan fingerprint density at radius 2 is 2.05 bits per heavy atom. The lowest BCUT2D eigenvalue weighted by molar-refractivity contribution is 0.173. The molecule has 0 fully saturated rings. The molecule has 19 heavy (non-hydrogen) atoms. The molecule has 1 atom stereocenters. The Balaban J connectivity index is 2.96. The smallest absolute Gasteiger partial charge is 0.240 e. The second-order valence-electron chi connectivity index (χ2n) is 3.98. The molecule has 0 bridgehead atoms. The Kier molecular flexibility index (Phi) is 6.25. The van der Waals surface area contributed by atoms with Crippen LogP contribution >= 0.6 is 15.9 Å². The van der Waals surface area contributed by atoms with Crippen molar-refractivity contribution in [3.63, 3.8) is 0 Å². The van der Waals surface area contributed by atoms with Crippen LogP contribution in [0, 0.1) is 0 Å². The highest BCUT2D eigenvalue weighted by Gasteiger charge is 2.20. The third kappa shape index (κ3) is 4.45. The first-order valence-electron chi connectivity index (χ1n) is 5.79. The van der Waals surface area contributed by atoms with Crippen LogP contribution in [0.1, 0.15) is 13.3 Å². The van der Waals surface area contributed by atoms with E-state index < -0.39 is 10.0 Å². The van der Waals surface area contributed by atoms with E-state index in [9.17, 15) is 8.42 Å². The van der Waals surface area contributed by atoms with Gasteiger partial charge >= 0.3 is 0 Å². The van der Waals surface area contributed by atoms with Gasteiger partial charge in [-0.15, -0.1) is 0 Å². The van der Waals surface area contributed by atoms with Crippen LogP contribution in [-0.4, -0.2) is 35.3 Å². The third-order valence-corrected chi connectivity index (χ3v) is 4.75. The molecular formula is C12H18BrNO4S. The summed E-state index contributed by atoms with van der Waals surface area (Å²) in [5.74, 6) is 0.586. The predicted molar refractivity (Wildman–Crippen MR) is 77.0 cm³/mol. The van der Waals surface area contributed by atoms with E-state index >= 15 is 0 Å². The number of ether oxygens (including phenoxy) is 2. The Morgan fingerprint density at radius 3 is 2.53 bits per heavy atom. The average molecular weight is 352 g/mol. The van der Waals surface area contributed by atoms with E-state index in [1.54, 1.807) is 13.2 Å². The highest BCUT2D eigenvalue weighted by atomic mass is 79.9. The van der Waals surface area contributed by atoms with Crippen molar-refractivity contribution in [3.05, 3.63) is 22.7 Å². The fourth-order valence-electron chi connectivity index (χ4n) is 1.54. The number of hydrogen-bond donors (Lipinski definition) is 1. The van der Waals surface area contributed by atoms with E-state index in [4.69, 9.17) is 9.47 Å². The summed E-state index contributed by atoms with van der Waals surface area (Å²) in [5, 5.41) is 0. The lowest BCUT2D eigenvalue weighted by atomic mass is 10.3. The molecule has 0 aromatic heterocycles. The summed E-state index contributed by atoms with van der Waals surface area (Å²) in [4.78, 5) is 0.190. The van der Waals surface area contributed by atoms with Gasteiger partial charge in [0.15, 0.2) is 0 Å². The molecule has 0 aliphatic rings. The number of methoxy groups -OCH3 is 2. The van der Waals surface area contributed by atoms with Crippen molar-refractivity contribution >= 4 is 26.0 Å². The summed E-state index contributed by atoms with van der Waals surface area (Å²) in [7, 11) is -0.488. The maximum absolute atomic E-state index is 12.2. The molecule has 0 saturated carbocycles. The monoisotopic (exact) mass is 351 g/mol. The summed E-state index contributed by atoms with van der Waals surface area (Å²) < 4.78 is 37.7. The van der Waals surface area contributed by atoms with Crippen molar-refractivity contribution in [2.24, 2.45) is 0 Å². The van der Waals surface area contributed by atoms with Crippen molar-refractivity contribution < 1.29 is 17.9 Å². The summed E-state index contributed by atoms with van der Waals surface area (Å²) in [5.41, 5.74) is 0. The molecule has 1 aromatic carbocycles. The van der Waals surface area contributed by atoms with Crippen LogP contribution in [0.5, 0.6) is 5.75 Å². The largest absolute Gasteiger partial charge is 0.496 e. The maximum atomic E-state index is 12.2. The first-order chi connectivity index (χ1) is 8.94. The van der Waals surface area contributed by atoms with Crippen LogP contribution in [0.15, 0.2) is 27.6 Å². The first-order valence-corrected chi connectivity index (χ1v) is 8.07. The Morgan fingerprint density at radius 1 is 1.37 bits per heavy atom. The van der Waals surface area contributed by atoms with Gasteiger partial charge in [0.05, 0.1) is 23.1 Å². The molecule has 7 heteroatoms. The van der Waals surface area contributed by atoms with Crippen molar-refractivity contribution in [2.75, 3.05) is 20.8 Å². The number of nitrogens with one attached hydrogen (secondary N) is 1.